The second-order valence-electron chi connectivity index (χ2n) is 4.15. The SMILES string of the molecule is CCCOCCOc1cc(OC)ccc1[C@H](C)N. The van der Waals surface area contributed by atoms with E-state index in [0.717, 1.165) is 30.1 Å². The quantitative estimate of drug-likeness (QED) is 0.723. The van der Waals surface area contributed by atoms with Gasteiger partial charge in [-0.25, -0.2) is 0 Å². The van der Waals surface area contributed by atoms with Crippen molar-refractivity contribution in [3.8, 4) is 11.5 Å². The molecule has 1 rings (SSSR count). The third kappa shape index (κ3) is 4.55. The van der Waals surface area contributed by atoms with E-state index >= 15 is 0 Å². The van der Waals surface area contributed by atoms with Gasteiger partial charge in [-0.3, -0.25) is 0 Å². The standard InChI is InChI=1S/C14H23NO3/c1-4-7-17-8-9-18-14-10-12(16-3)5-6-13(14)11(2)15/h5-6,10-11H,4,7-9,15H2,1-3H3/t11-/m0/s1. The Morgan fingerprint density at radius 1 is 1.22 bits per heavy atom. The summed E-state index contributed by atoms with van der Waals surface area (Å²) in [7, 11) is 1.63. The van der Waals surface area contributed by atoms with Crippen molar-refractivity contribution in [1.29, 1.82) is 0 Å². The van der Waals surface area contributed by atoms with Gasteiger partial charge < -0.3 is 19.9 Å². The van der Waals surface area contributed by atoms with Crippen LogP contribution in [0.15, 0.2) is 18.2 Å². The monoisotopic (exact) mass is 253 g/mol. The van der Waals surface area contributed by atoms with Crippen LogP contribution in [0.4, 0.5) is 0 Å². The molecule has 0 aromatic heterocycles. The van der Waals surface area contributed by atoms with Gasteiger partial charge in [0.25, 0.3) is 0 Å². The van der Waals surface area contributed by atoms with Crippen LogP contribution in [0.2, 0.25) is 0 Å². The molecular weight excluding hydrogens is 230 g/mol. The molecule has 0 amide bonds. The molecule has 0 aliphatic heterocycles. The first-order valence-electron chi connectivity index (χ1n) is 6.33. The lowest BCUT2D eigenvalue weighted by atomic mass is 10.1. The van der Waals surface area contributed by atoms with Crippen LogP contribution in [0.1, 0.15) is 31.9 Å². The molecule has 0 heterocycles. The Hall–Kier alpha value is -1.26. The molecular formula is C14H23NO3. The lowest BCUT2D eigenvalue weighted by molar-refractivity contribution is 0.100. The van der Waals surface area contributed by atoms with Crippen LogP contribution in [-0.2, 0) is 4.74 Å². The van der Waals surface area contributed by atoms with Gasteiger partial charge in [0.2, 0.25) is 0 Å². The van der Waals surface area contributed by atoms with Gasteiger partial charge in [-0.15, -0.1) is 0 Å². The zero-order valence-electron chi connectivity index (χ0n) is 11.4. The lowest BCUT2D eigenvalue weighted by Gasteiger charge is -2.15. The van der Waals surface area contributed by atoms with Gasteiger partial charge in [-0.2, -0.15) is 0 Å². The van der Waals surface area contributed by atoms with Crippen LogP contribution in [-0.4, -0.2) is 26.9 Å². The first kappa shape index (κ1) is 14.8. The highest BCUT2D eigenvalue weighted by Crippen LogP contribution is 2.28. The van der Waals surface area contributed by atoms with E-state index in [2.05, 4.69) is 6.92 Å². The zero-order valence-corrected chi connectivity index (χ0v) is 11.4. The fourth-order valence-electron chi connectivity index (χ4n) is 1.60. The van der Waals surface area contributed by atoms with E-state index in [4.69, 9.17) is 19.9 Å². The van der Waals surface area contributed by atoms with Gasteiger partial charge in [-0.1, -0.05) is 13.0 Å². The van der Waals surface area contributed by atoms with Crippen molar-refractivity contribution in [2.24, 2.45) is 5.73 Å². The number of hydrogen-bond acceptors (Lipinski definition) is 4. The molecule has 0 aliphatic carbocycles. The molecule has 0 saturated carbocycles. The second kappa shape index (κ2) is 7.95. The highest BCUT2D eigenvalue weighted by Gasteiger charge is 2.09. The third-order valence-electron chi connectivity index (χ3n) is 2.54. The zero-order chi connectivity index (χ0) is 13.4. The molecule has 4 heteroatoms. The number of benzene rings is 1. The molecule has 0 unspecified atom stereocenters. The fraction of sp³-hybridized carbons (Fsp3) is 0.571. The van der Waals surface area contributed by atoms with Crippen LogP contribution < -0.4 is 15.2 Å². The summed E-state index contributed by atoms with van der Waals surface area (Å²) in [6.07, 6.45) is 1.02. The van der Waals surface area contributed by atoms with Crippen LogP contribution in [0.3, 0.4) is 0 Å². The first-order chi connectivity index (χ1) is 8.69. The molecule has 0 fully saturated rings. The maximum atomic E-state index is 5.91. The van der Waals surface area contributed by atoms with E-state index < -0.39 is 0 Å². The van der Waals surface area contributed by atoms with Crippen LogP contribution in [0.25, 0.3) is 0 Å². The molecule has 1 atom stereocenters. The Balaban J connectivity index is 2.60. The van der Waals surface area contributed by atoms with Gasteiger partial charge in [0.05, 0.1) is 13.7 Å². The van der Waals surface area contributed by atoms with Crippen molar-refractivity contribution in [3.05, 3.63) is 23.8 Å². The fourth-order valence-corrected chi connectivity index (χ4v) is 1.60. The molecule has 18 heavy (non-hydrogen) atoms. The molecule has 2 N–H and O–H groups in total. The minimum absolute atomic E-state index is 0.0672. The van der Waals surface area contributed by atoms with E-state index in [0.29, 0.717) is 13.2 Å². The van der Waals surface area contributed by atoms with Gasteiger partial charge >= 0.3 is 0 Å². The summed E-state index contributed by atoms with van der Waals surface area (Å²) in [5.74, 6) is 1.54. The largest absolute Gasteiger partial charge is 0.497 e. The van der Waals surface area contributed by atoms with Crippen molar-refractivity contribution in [2.75, 3.05) is 26.9 Å². The molecule has 0 aliphatic rings. The first-order valence-corrected chi connectivity index (χ1v) is 6.33. The minimum atomic E-state index is -0.0672. The second-order valence-corrected chi connectivity index (χ2v) is 4.15. The summed E-state index contributed by atoms with van der Waals surface area (Å²) in [6, 6.07) is 5.62. The van der Waals surface area contributed by atoms with Crippen molar-refractivity contribution in [2.45, 2.75) is 26.3 Å². The predicted molar refractivity (Wildman–Crippen MR) is 72.2 cm³/mol. The predicted octanol–water partition coefficient (Wildman–Crippen LogP) is 2.52. The summed E-state index contributed by atoms with van der Waals surface area (Å²) in [6.45, 7) is 5.89. The van der Waals surface area contributed by atoms with Gasteiger partial charge in [0.1, 0.15) is 18.1 Å². The van der Waals surface area contributed by atoms with Gasteiger partial charge in [-0.05, 0) is 19.4 Å². The number of rotatable bonds is 8. The van der Waals surface area contributed by atoms with E-state index in [9.17, 15) is 0 Å². The van der Waals surface area contributed by atoms with Crippen molar-refractivity contribution in [1.82, 2.24) is 0 Å². The average molecular weight is 253 g/mol. The summed E-state index contributed by atoms with van der Waals surface area (Å²) >= 11 is 0. The van der Waals surface area contributed by atoms with Crippen molar-refractivity contribution in [3.63, 3.8) is 0 Å². The highest BCUT2D eigenvalue weighted by atomic mass is 16.5. The molecule has 0 radical (unpaired) electrons. The molecule has 1 aromatic rings. The Morgan fingerprint density at radius 2 is 2.00 bits per heavy atom. The number of ether oxygens (including phenoxy) is 3. The summed E-state index contributed by atoms with van der Waals surface area (Å²) < 4.78 is 16.3. The lowest BCUT2D eigenvalue weighted by Crippen LogP contribution is -2.11. The number of methoxy groups -OCH3 is 1. The molecule has 0 bridgehead atoms. The number of hydrogen-bond donors (Lipinski definition) is 1. The number of nitrogens with two attached hydrogens (primary N) is 1. The van der Waals surface area contributed by atoms with Crippen LogP contribution >= 0.6 is 0 Å². The highest BCUT2D eigenvalue weighted by molar-refractivity contribution is 5.42. The van der Waals surface area contributed by atoms with E-state index in [1.165, 1.54) is 0 Å². The van der Waals surface area contributed by atoms with E-state index in [-0.39, 0.29) is 6.04 Å². The smallest absolute Gasteiger partial charge is 0.127 e. The maximum Gasteiger partial charge on any atom is 0.127 e. The molecule has 0 spiro atoms. The average Bonchev–Trinajstić information content (AvgIpc) is 2.38. The molecule has 102 valence electrons. The summed E-state index contributed by atoms with van der Waals surface area (Å²) in [5, 5.41) is 0. The van der Waals surface area contributed by atoms with Gasteiger partial charge in [0.15, 0.2) is 0 Å². The normalized spacial score (nSPS) is 12.2. The Morgan fingerprint density at radius 3 is 2.61 bits per heavy atom. The van der Waals surface area contributed by atoms with Crippen molar-refractivity contribution < 1.29 is 14.2 Å². The molecule has 4 nitrogen and oxygen atoms in total. The summed E-state index contributed by atoms with van der Waals surface area (Å²) in [4.78, 5) is 0. The van der Waals surface area contributed by atoms with Crippen LogP contribution in [0.5, 0.6) is 11.5 Å². The van der Waals surface area contributed by atoms with E-state index in [1.54, 1.807) is 7.11 Å². The maximum absolute atomic E-state index is 5.91. The Bertz CT molecular complexity index is 353. The van der Waals surface area contributed by atoms with E-state index in [1.807, 2.05) is 25.1 Å². The minimum Gasteiger partial charge on any atom is -0.497 e. The van der Waals surface area contributed by atoms with Crippen molar-refractivity contribution >= 4 is 0 Å². The van der Waals surface area contributed by atoms with Gasteiger partial charge in [0, 0.05) is 24.3 Å². The Kier molecular flexibility index (Phi) is 6.54. The summed E-state index contributed by atoms with van der Waals surface area (Å²) in [5.41, 5.74) is 6.88. The molecule has 0 saturated heterocycles. The molecule has 1 aromatic carbocycles. The van der Waals surface area contributed by atoms with Crippen LogP contribution in [0, 0.1) is 0 Å². The third-order valence-corrected chi connectivity index (χ3v) is 2.54. The topological polar surface area (TPSA) is 53.7 Å². The Labute approximate surface area is 109 Å².